The third-order valence-electron chi connectivity index (χ3n) is 3.90. The molecule has 100 valence electrons. The lowest BCUT2D eigenvalue weighted by Gasteiger charge is -2.15. The molecule has 1 N–H and O–H groups in total. The van der Waals surface area contributed by atoms with Crippen LogP contribution < -0.4 is 5.32 Å². The predicted octanol–water partition coefficient (Wildman–Crippen LogP) is 4.11. The number of nitrogens with one attached hydrogen (secondary N) is 1. The lowest BCUT2D eigenvalue weighted by atomic mass is 9.95. The highest BCUT2D eigenvalue weighted by molar-refractivity contribution is 9.10. The molecule has 1 aromatic carbocycles. The number of benzene rings is 1. The summed E-state index contributed by atoms with van der Waals surface area (Å²) in [6.07, 6.45) is 1.18. The van der Waals surface area contributed by atoms with E-state index >= 15 is 0 Å². The second kappa shape index (κ2) is 5.30. The molecule has 1 nitrogen and oxygen atoms in total. The molecule has 0 spiro atoms. The van der Waals surface area contributed by atoms with Gasteiger partial charge in [0, 0.05) is 4.47 Å². The van der Waals surface area contributed by atoms with Gasteiger partial charge in [0.15, 0.2) is 0 Å². The Balaban J connectivity index is 1.98. The highest BCUT2D eigenvalue weighted by atomic mass is 79.9. The molecule has 0 saturated heterocycles. The van der Waals surface area contributed by atoms with Crippen LogP contribution in [0.4, 0.5) is 4.39 Å². The summed E-state index contributed by atoms with van der Waals surface area (Å²) in [5.74, 6) is 1.18. The van der Waals surface area contributed by atoms with E-state index < -0.39 is 0 Å². The predicted molar refractivity (Wildman–Crippen MR) is 77.3 cm³/mol. The molecule has 2 unspecified atom stereocenters. The van der Waals surface area contributed by atoms with Crippen molar-refractivity contribution in [3.63, 3.8) is 0 Å². The Morgan fingerprint density at radius 1 is 1.50 bits per heavy atom. The van der Waals surface area contributed by atoms with Crippen LogP contribution in [0.15, 0.2) is 22.7 Å². The molecule has 1 saturated carbocycles. The van der Waals surface area contributed by atoms with Crippen LogP contribution in [0.3, 0.4) is 0 Å². The van der Waals surface area contributed by atoms with E-state index in [2.05, 4.69) is 42.0 Å². The van der Waals surface area contributed by atoms with Crippen LogP contribution in [0, 0.1) is 17.7 Å². The van der Waals surface area contributed by atoms with Crippen LogP contribution in [0.2, 0.25) is 0 Å². The van der Waals surface area contributed by atoms with Crippen molar-refractivity contribution in [3.05, 3.63) is 34.1 Å². The molecule has 18 heavy (non-hydrogen) atoms. The summed E-state index contributed by atoms with van der Waals surface area (Å²) in [5.41, 5.74) is 1.44. The molecule has 0 aromatic heterocycles. The highest BCUT2D eigenvalue weighted by Crippen LogP contribution is 2.55. The fraction of sp³-hybridized carbons (Fsp3) is 0.600. The standard InChI is InChI=1S/C15H21BrFN/c1-10(2)8-18-9-11-7-15(11,3)13-5-4-12(17)6-14(13)16/h4-6,10-11,18H,7-9H2,1-3H3. The Bertz CT molecular complexity index is 433. The van der Waals surface area contributed by atoms with Crippen molar-refractivity contribution >= 4 is 15.9 Å². The summed E-state index contributed by atoms with van der Waals surface area (Å²) in [5, 5.41) is 3.51. The summed E-state index contributed by atoms with van der Waals surface area (Å²) in [6.45, 7) is 8.83. The minimum atomic E-state index is -0.177. The van der Waals surface area contributed by atoms with E-state index in [4.69, 9.17) is 0 Å². The number of rotatable bonds is 5. The maximum atomic E-state index is 13.1. The molecule has 0 radical (unpaired) electrons. The van der Waals surface area contributed by atoms with Crippen molar-refractivity contribution in [3.8, 4) is 0 Å². The Hall–Kier alpha value is -0.410. The highest BCUT2D eigenvalue weighted by Gasteiger charge is 2.51. The molecule has 0 amide bonds. The van der Waals surface area contributed by atoms with Crippen molar-refractivity contribution in [1.82, 2.24) is 5.32 Å². The smallest absolute Gasteiger partial charge is 0.124 e. The Kier molecular flexibility index (Phi) is 4.12. The summed E-state index contributed by atoms with van der Waals surface area (Å²) in [6, 6.07) is 5.04. The number of hydrogen-bond acceptors (Lipinski definition) is 1. The molecule has 2 atom stereocenters. The summed E-state index contributed by atoms with van der Waals surface area (Å²) in [4.78, 5) is 0. The normalized spacial score (nSPS) is 26.7. The molecule has 1 fully saturated rings. The van der Waals surface area contributed by atoms with Crippen LogP contribution in [0.1, 0.15) is 32.8 Å². The topological polar surface area (TPSA) is 12.0 Å². The van der Waals surface area contributed by atoms with E-state index in [1.54, 1.807) is 12.1 Å². The minimum Gasteiger partial charge on any atom is -0.316 e. The van der Waals surface area contributed by atoms with Gasteiger partial charge < -0.3 is 5.32 Å². The summed E-state index contributed by atoms with van der Waals surface area (Å²) >= 11 is 3.48. The molecular weight excluding hydrogens is 293 g/mol. The molecule has 3 heteroatoms. The fourth-order valence-corrected chi connectivity index (χ4v) is 3.38. The van der Waals surface area contributed by atoms with Gasteiger partial charge in [-0.3, -0.25) is 0 Å². The first-order chi connectivity index (χ1) is 8.43. The average molecular weight is 314 g/mol. The SMILES string of the molecule is CC(C)CNCC1CC1(C)c1ccc(F)cc1Br. The van der Waals surface area contributed by atoms with Gasteiger partial charge in [-0.1, -0.05) is 42.8 Å². The zero-order chi connectivity index (χ0) is 13.3. The monoisotopic (exact) mass is 313 g/mol. The quantitative estimate of drug-likeness (QED) is 0.862. The van der Waals surface area contributed by atoms with Gasteiger partial charge in [-0.2, -0.15) is 0 Å². The fourth-order valence-electron chi connectivity index (χ4n) is 2.58. The van der Waals surface area contributed by atoms with Crippen molar-refractivity contribution in [1.29, 1.82) is 0 Å². The number of hydrogen-bond donors (Lipinski definition) is 1. The van der Waals surface area contributed by atoms with Crippen LogP contribution in [-0.4, -0.2) is 13.1 Å². The van der Waals surface area contributed by atoms with Crippen molar-refractivity contribution in [2.24, 2.45) is 11.8 Å². The minimum absolute atomic E-state index is 0.177. The van der Waals surface area contributed by atoms with Gasteiger partial charge in [-0.05, 0) is 54.5 Å². The van der Waals surface area contributed by atoms with Crippen LogP contribution in [0.5, 0.6) is 0 Å². The van der Waals surface area contributed by atoms with E-state index in [1.807, 2.05) is 6.07 Å². The first kappa shape index (κ1) is 14.0. The molecule has 0 heterocycles. The van der Waals surface area contributed by atoms with Gasteiger partial charge in [0.25, 0.3) is 0 Å². The molecular formula is C15H21BrFN. The Morgan fingerprint density at radius 2 is 2.22 bits per heavy atom. The maximum absolute atomic E-state index is 13.1. The van der Waals surface area contributed by atoms with Crippen molar-refractivity contribution in [2.75, 3.05) is 13.1 Å². The molecule has 2 rings (SSSR count). The zero-order valence-electron chi connectivity index (χ0n) is 11.3. The van der Waals surface area contributed by atoms with Gasteiger partial charge in [0.1, 0.15) is 5.82 Å². The second-order valence-electron chi connectivity index (χ2n) is 5.99. The third kappa shape index (κ3) is 2.94. The van der Waals surface area contributed by atoms with Gasteiger partial charge in [-0.25, -0.2) is 4.39 Å². The average Bonchev–Trinajstić information content (AvgIpc) is 2.89. The maximum Gasteiger partial charge on any atom is 0.124 e. The van der Waals surface area contributed by atoms with Gasteiger partial charge in [-0.15, -0.1) is 0 Å². The first-order valence-electron chi connectivity index (χ1n) is 6.59. The van der Waals surface area contributed by atoms with Crippen molar-refractivity contribution in [2.45, 2.75) is 32.6 Å². The molecule has 0 aliphatic heterocycles. The lowest BCUT2D eigenvalue weighted by molar-refractivity contribution is 0.514. The Labute approximate surface area is 117 Å². The molecule has 1 aromatic rings. The second-order valence-corrected chi connectivity index (χ2v) is 6.85. The Morgan fingerprint density at radius 3 is 2.83 bits per heavy atom. The van der Waals surface area contributed by atoms with Gasteiger partial charge in [0.05, 0.1) is 0 Å². The summed E-state index contributed by atoms with van der Waals surface area (Å²) in [7, 11) is 0. The van der Waals surface area contributed by atoms with Gasteiger partial charge in [0.2, 0.25) is 0 Å². The van der Waals surface area contributed by atoms with Crippen LogP contribution in [0.25, 0.3) is 0 Å². The molecule has 1 aliphatic carbocycles. The number of halogens is 2. The van der Waals surface area contributed by atoms with Crippen LogP contribution >= 0.6 is 15.9 Å². The first-order valence-corrected chi connectivity index (χ1v) is 7.39. The van der Waals surface area contributed by atoms with E-state index in [-0.39, 0.29) is 11.2 Å². The van der Waals surface area contributed by atoms with Gasteiger partial charge >= 0.3 is 0 Å². The lowest BCUT2D eigenvalue weighted by Crippen LogP contribution is -2.24. The van der Waals surface area contributed by atoms with Crippen LogP contribution in [-0.2, 0) is 5.41 Å². The molecule has 1 aliphatic rings. The largest absolute Gasteiger partial charge is 0.316 e. The molecule has 0 bridgehead atoms. The third-order valence-corrected chi connectivity index (χ3v) is 4.56. The van der Waals surface area contributed by atoms with E-state index in [1.165, 1.54) is 12.0 Å². The van der Waals surface area contributed by atoms with E-state index in [0.29, 0.717) is 11.8 Å². The van der Waals surface area contributed by atoms with E-state index in [9.17, 15) is 4.39 Å². The zero-order valence-corrected chi connectivity index (χ0v) is 12.8. The van der Waals surface area contributed by atoms with Crippen molar-refractivity contribution < 1.29 is 4.39 Å². The summed E-state index contributed by atoms with van der Waals surface area (Å²) < 4.78 is 14.0. The van der Waals surface area contributed by atoms with E-state index in [0.717, 1.165) is 17.6 Å².